The Hall–Kier alpha value is -1.52. The highest BCUT2D eigenvalue weighted by Gasteiger charge is 2.06. The minimum Gasteiger partial charge on any atom is -0.345 e. The predicted molar refractivity (Wildman–Crippen MR) is 63.9 cm³/mol. The molecule has 2 rings (SSSR count). The first-order valence-corrected chi connectivity index (χ1v) is 5.33. The maximum absolute atomic E-state index is 11.0. The van der Waals surface area contributed by atoms with Crippen molar-refractivity contribution in [1.82, 2.24) is 9.99 Å². The van der Waals surface area contributed by atoms with Gasteiger partial charge in [-0.25, -0.2) is 5.84 Å². The zero-order chi connectivity index (χ0) is 11.5. The van der Waals surface area contributed by atoms with Crippen LogP contribution < -0.4 is 11.3 Å². The van der Waals surface area contributed by atoms with Gasteiger partial charge in [0.1, 0.15) is 0 Å². The molecule has 0 saturated carbocycles. The van der Waals surface area contributed by atoms with Crippen LogP contribution in [0.4, 0.5) is 0 Å². The van der Waals surface area contributed by atoms with E-state index in [4.69, 9.17) is 17.4 Å². The molecule has 0 unspecified atom stereocenters. The van der Waals surface area contributed by atoms with Crippen molar-refractivity contribution in [3.8, 4) is 0 Å². The molecule has 1 aromatic carbocycles. The molecular formula is C11H12ClN3O. The molecule has 0 fully saturated rings. The quantitative estimate of drug-likeness (QED) is 0.485. The summed E-state index contributed by atoms with van der Waals surface area (Å²) in [5.41, 5.74) is 3.13. The van der Waals surface area contributed by atoms with Crippen molar-refractivity contribution in [3.05, 3.63) is 35.5 Å². The molecule has 1 heterocycles. The third-order valence-electron chi connectivity index (χ3n) is 2.48. The Labute approximate surface area is 98.0 Å². The highest BCUT2D eigenvalue weighted by atomic mass is 35.5. The lowest BCUT2D eigenvalue weighted by atomic mass is 10.2. The number of nitrogens with zero attached hydrogens (tertiary/aromatic N) is 1. The summed E-state index contributed by atoms with van der Waals surface area (Å²) in [4.78, 5) is 11.0. The van der Waals surface area contributed by atoms with Crippen LogP contribution in [0.25, 0.3) is 10.9 Å². The lowest BCUT2D eigenvalue weighted by Crippen LogP contribution is -2.30. The maximum Gasteiger partial charge on any atom is 0.235 e. The zero-order valence-corrected chi connectivity index (χ0v) is 9.37. The molecule has 0 saturated heterocycles. The molecule has 0 spiro atoms. The number of fused-ring (bicyclic) bond motifs is 1. The number of aryl methyl sites for hydroxylation is 1. The van der Waals surface area contributed by atoms with E-state index in [9.17, 15) is 4.79 Å². The van der Waals surface area contributed by atoms with E-state index in [0.717, 1.165) is 10.9 Å². The highest BCUT2D eigenvalue weighted by Crippen LogP contribution is 2.25. The topological polar surface area (TPSA) is 60.0 Å². The summed E-state index contributed by atoms with van der Waals surface area (Å²) in [5.74, 6) is 4.83. The number of aromatic nitrogens is 1. The first-order chi connectivity index (χ1) is 7.72. The zero-order valence-electron chi connectivity index (χ0n) is 8.61. The molecule has 0 atom stereocenters. The molecular weight excluding hydrogens is 226 g/mol. The Morgan fingerprint density at radius 1 is 1.44 bits per heavy atom. The first-order valence-electron chi connectivity index (χ1n) is 4.95. The summed E-state index contributed by atoms with van der Waals surface area (Å²) in [6, 6.07) is 7.81. The molecule has 2 aromatic rings. The number of rotatable bonds is 3. The fourth-order valence-corrected chi connectivity index (χ4v) is 1.96. The number of hydrazine groups is 1. The second-order valence-electron chi connectivity index (χ2n) is 3.51. The van der Waals surface area contributed by atoms with Crippen LogP contribution >= 0.6 is 11.6 Å². The van der Waals surface area contributed by atoms with Gasteiger partial charge in [0.15, 0.2) is 0 Å². The van der Waals surface area contributed by atoms with Crippen molar-refractivity contribution in [3.63, 3.8) is 0 Å². The van der Waals surface area contributed by atoms with Gasteiger partial charge in [0.25, 0.3) is 0 Å². The molecule has 4 nitrogen and oxygen atoms in total. The number of benzene rings is 1. The number of para-hydroxylation sites is 1. The van der Waals surface area contributed by atoms with E-state index in [1.54, 1.807) is 0 Å². The fraction of sp³-hybridized carbons (Fsp3) is 0.182. The van der Waals surface area contributed by atoms with E-state index >= 15 is 0 Å². The van der Waals surface area contributed by atoms with Crippen LogP contribution in [0.5, 0.6) is 0 Å². The van der Waals surface area contributed by atoms with Gasteiger partial charge in [0.05, 0.1) is 5.02 Å². The molecule has 84 valence electrons. The molecule has 0 aliphatic heterocycles. The Balaban J connectivity index is 2.27. The normalized spacial score (nSPS) is 10.6. The maximum atomic E-state index is 11.0. The number of nitrogens with one attached hydrogen (secondary N) is 1. The second-order valence-corrected chi connectivity index (χ2v) is 3.91. The Bertz CT molecular complexity index is 521. The number of hydrogen-bond acceptors (Lipinski definition) is 2. The first kappa shape index (κ1) is 11.0. The van der Waals surface area contributed by atoms with Crippen molar-refractivity contribution >= 4 is 28.4 Å². The lowest BCUT2D eigenvalue weighted by Gasteiger charge is -2.03. The second kappa shape index (κ2) is 4.55. The largest absolute Gasteiger partial charge is 0.345 e. The molecule has 0 aliphatic carbocycles. The Kier molecular flexibility index (Phi) is 3.12. The molecule has 0 radical (unpaired) electrons. The van der Waals surface area contributed by atoms with Crippen LogP contribution in [0.2, 0.25) is 5.02 Å². The van der Waals surface area contributed by atoms with E-state index in [0.29, 0.717) is 18.0 Å². The number of nitrogens with two attached hydrogens (primary N) is 1. The van der Waals surface area contributed by atoms with Gasteiger partial charge in [-0.15, -0.1) is 0 Å². The van der Waals surface area contributed by atoms with E-state index in [-0.39, 0.29) is 5.91 Å². The van der Waals surface area contributed by atoms with Gasteiger partial charge in [-0.3, -0.25) is 10.2 Å². The summed E-state index contributed by atoms with van der Waals surface area (Å²) < 4.78 is 1.95. The summed E-state index contributed by atoms with van der Waals surface area (Å²) in [6.07, 6.45) is 2.17. The summed E-state index contributed by atoms with van der Waals surface area (Å²) in [5, 5.41) is 1.70. The smallest absolute Gasteiger partial charge is 0.235 e. The number of amides is 1. The molecule has 5 heteroatoms. The van der Waals surface area contributed by atoms with E-state index in [2.05, 4.69) is 5.43 Å². The van der Waals surface area contributed by atoms with E-state index in [1.165, 1.54) is 0 Å². The standard InChI is InChI=1S/C11H12ClN3O/c12-9-7-15(6-5-11(16)14-13)10-4-2-1-3-8(9)10/h1-4,7H,5-6,13H2,(H,14,16). The molecule has 0 bridgehead atoms. The van der Waals surface area contributed by atoms with Gasteiger partial charge in [-0.1, -0.05) is 29.8 Å². The summed E-state index contributed by atoms with van der Waals surface area (Å²) >= 11 is 6.08. The van der Waals surface area contributed by atoms with Crippen molar-refractivity contribution in [1.29, 1.82) is 0 Å². The van der Waals surface area contributed by atoms with Gasteiger partial charge in [-0.05, 0) is 6.07 Å². The van der Waals surface area contributed by atoms with Crippen LogP contribution in [-0.4, -0.2) is 10.5 Å². The summed E-state index contributed by atoms with van der Waals surface area (Å²) in [6.45, 7) is 0.566. The monoisotopic (exact) mass is 237 g/mol. The van der Waals surface area contributed by atoms with Gasteiger partial charge < -0.3 is 4.57 Å². The van der Waals surface area contributed by atoms with Crippen molar-refractivity contribution < 1.29 is 4.79 Å². The van der Waals surface area contributed by atoms with Crippen molar-refractivity contribution in [2.75, 3.05) is 0 Å². The van der Waals surface area contributed by atoms with Crippen LogP contribution in [-0.2, 0) is 11.3 Å². The summed E-state index contributed by atoms with van der Waals surface area (Å²) in [7, 11) is 0. The van der Waals surface area contributed by atoms with Crippen LogP contribution in [0.15, 0.2) is 30.5 Å². The van der Waals surface area contributed by atoms with Crippen LogP contribution in [0, 0.1) is 0 Å². The third-order valence-corrected chi connectivity index (χ3v) is 2.78. The van der Waals surface area contributed by atoms with Crippen molar-refractivity contribution in [2.45, 2.75) is 13.0 Å². The predicted octanol–water partition coefficient (Wildman–Crippen LogP) is 1.67. The third kappa shape index (κ3) is 2.03. The molecule has 0 aliphatic rings. The average Bonchev–Trinajstić information content (AvgIpc) is 2.64. The Morgan fingerprint density at radius 3 is 2.94 bits per heavy atom. The van der Waals surface area contributed by atoms with Gasteiger partial charge in [0.2, 0.25) is 5.91 Å². The van der Waals surface area contributed by atoms with E-state index in [1.807, 2.05) is 35.0 Å². The number of carbonyl (C=O) groups is 1. The van der Waals surface area contributed by atoms with Crippen LogP contribution in [0.3, 0.4) is 0 Å². The highest BCUT2D eigenvalue weighted by molar-refractivity contribution is 6.35. The number of halogens is 1. The minimum atomic E-state index is -0.186. The Morgan fingerprint density at radius 2 is 2.19 bits per heavy atom. The number of carbonyl (C=O) groups excluding carboxylic acids is 1. The average molecular weight is 238 g/mol. The molecule has 1 amide bonds. The van der Waals surface area contributed by atoms with Gasteiger partial charge >= 0.3 is 0 Å². The molecule has 16 heavy (non-hydrogen) atoms. The SMILES string of the molecule is NNC(=O)CCn1cc(Cl)c2ccccc21. The number of hydrogen-bond donors (Lipinski definition) is 2. The van der Waals surface area contributed by atoms with E-state index < -0.39 is 0 Å². The lowest BCUT2D eigenvalue weighted by molar-refractivity contribution is -0.121. The van der Waals surface area contributed by atoms with Gasteiger partial charge in [-0.2, -0.15) is 0 Å². The molecule has 1 aromatic heterocycles. The van der Waals surface area contributed by atoms with Crippen molar-refractivity contribution in [2.24, 2.45) is 5.84 Å². The molecule has 3 N–H and O–H groups in total. The van der Waals surface area contributed by atoms with Crippen LogP contribution in [0.1, 0.15) is 6.42 Å². The van der Waals surface area contributed by atoms with Gasteiger partial charge in [0, 0.05) is 30.1 Å². The fourth-order valence-electron chi connectivity index (χ4n) is 1.68. The minimum absolute atomic E-state index is 0.186.